The van der Waals surface area contributed by atoms with Crippen LogP contribution in [0.5, 0.6) is 0 Å². The van der Waals surface area contributed by atoms with Gasteiger partial charge in [-0.3, -0.25) is 9.59 Å². The van der Waals surface area contributed by atoms with Gasteiger partial charge in [0.05, 0.1) is 13.7 Å². The topological polar surface area (TPSA) is 92.7 Å². The number of amides is 1. The number of carbonyl (C=O) groups is 3. The highest BCUT2D eigenvalue weighted by Crippen LogP contribution is 2.16. The fourth-order valence-corrected chi connectivity index (χ4v) is 3.62. The SMILES string of the molecule is COC(=O)C(CSCC(C)C(=O)CC/C(C)=C\CC/C(C)=C\CO)NC(C)=O. The molecule has 0 rings (SSSR count). The average molecular weight is 414 g/mol. The van der Waals surface area contributed by atoms with Crippen molar-refractivity contribution in [2.75, 3.05) is 25.2 Å². The Bertz CT molecular complexity index is 571. The van der Waals surface area contributed by atoms with Crippen LogP contribution in [-0.4, -0.2) is 54.0 Å². The van der Waals surface area contributed by atoms with Crippen LogP contribution >= 0.6 is 11.8 Å². The summed E-state index contributed by atoms with van der Waals surface area (Å²) < 4.78 is 4.69. The second-order valence-electron chi connectivity index (χ2n) is 7.00. The molecule has 0 saturated carbocycles. The predicted molar refractivity (Wildman–Crippen MR) is 114 cm³/mol. The van der Waals surface area contributed by atoms with E-state index in [9.17, 15) is 14.4 Å². The van der Waals surface area contributed by atoms with Crippen molar-refractivity contribution < 1.29 is 24.2 Å². The first-order valence-corrected chi connectivity index (χ1v) is 10.7. The number of rotatable bonds is 14. The Morgan fingerprint density at radius 3 is 2.25 bits per heavy atom. The van der Waals surface area contributed by atoms with Crippen LogP contribution in [0, 0.1) is 5.92 Å². The molecule has 0 aromatic heterocycles. The number of esters is 1. The van der Waals surface area contributed by atoms with Gasteiger partial charge < -0.3 is 15.2 Å². The lowest BCUT2D eigenvalue weighted by Gasteiger charge is -2.16. The van der Waals surface area contributed by atoms with Gasteiger partial charge in [0.15, 0.2) is 0 Å². The minimum Gasteiger partial charge on any atom is -0.467 e. The zero-order chi connectivity index (χ0) is 21.5. The van der Waals surface area contributed by atoms with E-state index in [4.69, 9.17) is 5.11 Å². The Kier molecular flexibility index (Phi) is 14.5. The number of thioether (sulfide) groups is 1. The van der Waals surface area contributed by atoms with Crippen molar-refractivity contribution in [1.82, 2.24) is 5.32 Å². The Morgan fingerprint density at radius 2 is 1.68 bits per heavy atom. The molecular weight excluding hydrogens is 378 g/mol. The Balaban J connectivity index is 4.25. The molecule has 28 heavy (non-hydrogen) atoms. The molecule has 0 fully saturated rings. The zero-order valence-electron chi connectivity index (χ0n) is 17.7. The summed E-state index contributed by atoms with van der Waals surface area (Å²) in [6.07, 6.45) is 7.02. The third-order valence-electron chi connectivity index (χ3n) is 4.30. The van der Waals surface area contributed by atoms with Crippen LogP contribution in [0.2, 0.25) is 0 Å². The van der Waals surface area contributed by atoms with Gasteiger partial charge >= 0.3 is 5.97 Å². The van der Waals surface area contributed by atoms with Gasteiger partial charge in [-0.05, 0) is 33.1 Å². The van der Waals surface area contributed by atoms with E-state index in [1.807, 2.05) is 26.8 Å². The van der Waals surface area contributed by atoms with Gasteiger partial charge in [0.1, 0.15) is 11.8 Å². The van der Waals surface area contributed by atoms with Crippen LogP contribution in [0.4, 0.5) is 0 Å². The molecule has 2 unspecified atom stereocenters. The Labute approximate surface area is 173 Å². The molecule has 0 aromatic rings. The van der Waals surface area contributed by atoms with E-state index in [0.29, 0.717) is 17.9 Å². The van der Waals surface area contributed by atoms with Crippen molar-refractivity contribution in [2.24, 2.45) is 5.92 Å². The largest absolute Gasteiger partial charge is 0.467 e. The van der Waals surface area contributed by atoms with Gasteiger partial charge in [-0.15, -0.1) is 0 Å². The summed E-state index contributed by atoms with van der Waals surface area (Å²) >= 11 is 1.46. The maximum atomic E-state index is 12.3. The van der Waals surface area contributed by atoms with E-state index in [1.54, 1.807) is 0 Å². The van der Waals surface area contributed by atoms with Crippen molar-refractivity contribution in [3.05, 3.63) is 23.3 Å². The number of hydrogen-bond acceptors (Lipinski definition) is 6. The molecule has 0 bridgehead atoms. The van der Waals surface area contributed by atoms with E-state index in [-0.39, 0.29) is 24.2 Å². The summed E-state index contributed by atoms with van der Waals surface area (Å²) in [4.78, 5) is 35.2. The molecule has 0 radical (unpaired) electrons. The van der Waals surface area contributed by atoms with Gasteiger partial charge in [-0.25, -0.2) is 4.79 Å². The fourth-order valence-electron chi connectivity index (χ4n) is 2.48. The number of ether oxygens (including phenoxy) is 1. The second kappa shape index (κ2) is 15.3. The number of allylic oxidation sites excluding steroid dienone is 3. The number of nitrogens with one attached hydrogen (secondary N) is 1. The lowest BCUT2D eigenvalue weighted by molar-refractivity contribution is -0.144. The first-order valence-electron chi connectivity index (χ1n) is 9.58. The third kappa shape index (κ3) is 12.7. The summed E-state index contributed by atoms with van der Waals surface area (Å²) in [5.74, 6) is 0.299. The maximum absolute atomic E-state index is 12.3. The van der Waals surface area contributed by atoms with Crippen LogP contribution in [0.25, 0.3) is 0 Å². The van der Waals surface area contributed by atoms with Gasteiger partial charge in [0.25, 0.3) is 0 Å². The summed E-state index contributed by atoms with van der Waals surface area (Å²) in [5, 5.41) is 11.4. The van der Waals surface area contributed by atoms with Crippen LogP contribution in [-0.2, 0) is 19.1 Å². The average Bonchev–Trinajstić information content (AvgIpc) is 2.64. The van der Waals surface area contributed by atoms with Crippen molar-refractivity contribution in [3.8, 4) is 0 Å². The van der Waals surface area contributed by atoms with E-state index >= 15 is 0 Å². The van der Waals surface area contributed by atoms with E-state index in [0.717, 1.165) is 24.8 Å². The van der Waals surface area contributed by atoms with Crippen LogP contribution in [0.1, 0.15) is 53.4 Å². The number of aliphatic hydroxyl groups excluding tert-OH is 1. The quantitative estimate of drug-likeness (QED) is 0.336. The zero-order valence-corrected chi connectivity index (χ0v) is 18.6. The van der Waals surface area contributed by atoms with E-state index in [2.05, 4.69) is 16.1 Å². The molecule has 1 amide bonds. The maximum Gasteiger partial charge on any atom is 0.329 e. The van der Waals surface area contributed by atoms with Crippen LogP contribution in [0.3, 0.4) is 0 Å². The third-order valence-corrected chi connectivity index (χ3v) is 5.61. The second-order valence-corrected chi connectivity index (χ2v) is 8.08. The summed E-state index contributed by atoms with van der Waals surface area (Å²) in [7, 11) is 1.29. The molecule has 0 aromatic carbocycles. The first-order chi connectivity index (χ1) is 13.2. The summed E-state index contributed by atoms with van der Waals surface area (Å²) in [6, 6.07) is -0.691. The molecule has 0 saturated heterocycles. The minimum absolute atomic E-state index is 0.0735. The number of hydrogen-bond donors (Lipinski definition) is 2. The molecule has 7 heteroatoms. The number of aliphatic hydroxyl groups is 1. The fraction of sp³-hybridized carbons (Fsp3) is 0.667. The van der Waals surface area contributed by atoms with Crippen molar-refractivity contribution in [3.63, 3.8) is 0 Å². The normalized spacial score (nSPS) is 14.4. The lowest BCUT2D eigenvalue weighted by atomic mass is 10.0. The van der Waals surface area contributed by atoms with Gasteiger partial charge in [-0.1, -0.05) is 30.2 Å². The van der Waals surface area contributed by atoms with Crippen molar-refractivity contribution >= 4 is 29.4 Å². The lowest BCUT2D eigenvalue weighted by Crippen LogP contribution is -2.42. The van der Waals surface area contributed by atoms with E-state index < -0.39 is 12.0 Å². The number of Topliss-reactive ketones (excluding diaryl/α,β-unsaturated/α-hetero) is 1. The van der Waals surface area contributed by atoms with Crippen LogP contribution in [0.15, 0.2) is 23.3 Å². The van der Waals surface area contributed by atoms with Gasteiger partial charge in [0.2, 0.25) is 5.91 Å². The van der Waals surface area contributed by atoms with Crippen molar-refractivity contribution in [2.45, 2.75) is 59.4 Å². The molecule has 0 heterocycles. The first kappa shape index (κ1) is 26.4. The molecule has 6 nitrogen and oxygen atoms in total. The number of carbonyl (C=O) groups excluding carboxylic acids is 3. The highest BCUT2D eigenvalue weighted by atomic mass is 32.2. The molecule has 2 N–H and O–H groups in total. The highest BCUT2D eigenvalue weighted by Gasteiger charge is 2.21. The van der Waals surface area contributed by atoms with E-state index in [1.165, 1.54) is 31.4 Å². The molecule has 0 spiro atoms. The smallest absolute Gasteiger partial charge is 0.329 e. The highest BCUT2D eigenvalue weighted by molar-refractivity contribution is 7.99. The van der Waals surface area contributed by atoms with Gasteiger partial charge in [0, 0.05) is 30.8 Å². The molecular formula is C21H35NO5S. The molecule has 0 aliphatic rings. The molecule has 0 aliphatic heterocycles. The van der Waals surface area contributed by atoms with Crippen LogP contribution < -0.4 is 5.32 Å². The molecule has 2 atom stereocenters. The summed E-state index contributed by atoms with van der Waals surface area (Å²) in [5.41, 5.74) is 2.36. The summed E-state index contributed by atoms with van der Waals surface area (Å²) in [6.45, 7) is 7.35. The molecule has 160 valence electrons. The Morgan fingerprint density at radius 1 is 1.04 bits per heavy atom. The van der Waals surface area contributed by atoms with Crippen molar-refractivity contribution in [1.29, 1.82) is 0 Å². The predicted octanol–water partition coefficient (Wildman–Crippen LogP) is 3.05. The number of methoxy groups -OCH3 is 1. The number of ketones is 1. The minimum atomic E-state index is -0.691. The standard InChI is InChI=1S/C21H35NO5S/c1-15(7-6-8-16(2)11-12-23)9-10-20(25)17(3)13-28-14-19(21(26)27-5)22-18(4)24/h7,11,17,19,23H,6,8-10,12-14H2,1-5H3,(H,22,24)/b15-7-,16-11-. The molecule has 0 aliphatic carbocycles. The monoisotopic (exact) mass is 413 g/mol. The Hall–Kier alpha value is -1.60. The van der Waals surface area contributed by atoms with Gasteiger partial charge in [-0.2, -0.15) is 11.8 Å².